The maximum absolute atomic E-state index is 13.1. The van der Waals surface area contributed by atoms with Crippen LogP contribution in [-0.2, 0) is 20.7 Å². The SMILES string of the molecule is CC[C@H](C)[C@H](NC(=O)[C@@H](C[C@H](O)[C@@H](N)C[C@H](Cc1ccc(OC)c(OCCCOC)c1)C(C)C)C(C)C)C(N)=O. The van der Waals surface area contributed by atoms with Gasteiger partial charge in [-0.05, 0) is 60.6 Å². The van der Waals surface area contributed by atoms with Crippen LogP contribution in [0.3, 0.4) is 0 Å². The molecule has 230 valence electrons. The highest BCUT2D eigenvalue weighted by Crippen LogP contribution is 2.32. The Morgan fingerprint density at radius 1 is 1.00 bits per heavy atom. The van der Waals surface area contributed by atoms with Gasteiger partial charge in [0.2, 0.25) is 11.8 Å². The average Bonchev–Trinajstić information content (AvgIpc) is 2.91. The van der Waals surface area contributed by atoms with Crippen molar-refractivity contribution in [2.24, 2.45) is 41.1 Å². The summed E-state index contributed by atoms with van der Waals surface area (Å²) >= 11 is 0. The van der Waals surface area contributed by atoms with E-state index in [4.69, 9.17) is 25.7 Å². The summed E-state index contributed by atoms with van der Waals surface area (Å²) in [6.45, 7) is 13.2. The fourth-order valence-electron chi connectivity index (χ4n) is 4.85. The number of aliphatic hydroxyl groups is 1. The van der Waals surface area contributed by atoms with Gasteiger partial charge in [0.15, 0.2) is 11.5 Å². The molecule has 0 bridgehead atoms. The van der Waals surface area contributed by atoms with E-state index >= 15 is 0 Å². The smallest absolute Gasteiger partial charge is 0.240 e. The molecule has 0 aliphatic heterocycles. The van der Waals surface area contributed by atoms with Gasteiger partial charge < -0.3 is 36.1 Å². The van der Waals surface area contributed by atoms with E-state index < -0.39 is 30.0 Å². The Kier molecular flexibility index (Phi) is 16.2. The lowest BCUT2D eigenvalue weighted by Crippen LogP contribution is -2.51. The van der Waals surface area contributed by atoms with Crippen LogP contribution in [0.5, 0.6) is 11.5 Å². The zero-order chi connectivity index (χ0) is 30.4. The molecule has 1 aromatic rings. The second-order valence-electron chi connectivity index (χ2n) is 11.7. The largest absolute Gasteiger partial charge is 0.493 e. The Bertz CT molecular complexity index is 894. The van der Waals surface area contributed by atoms with Crippen LogP contribution >= 0.6 is 0 Å². The van der Waals surface area contributed by atoms with Crippen LogP contribution in [0.1, 0.15) is 72.8 Å². The Balaban J connectivity index is 2.92. The third-order valence-electron chi connectivity index (χ3n) is 7.94. The van der Waals surface area contributed by atoms with Crippen LogP contribution in [0.25, 0.3) is 0 Å². The highest BCUT2D eigenvalue weighted by Gasteiger charge is 2.32. The van der Waals surface area contributed by atoms with E-state index in [1.165, 1.54) is 0 Å². The molecule has 6 N–H and O–H groups in total. The van der Waals surface area contributed by atoms with Crippen molar-refractivity contribution in [3.63, 3.8) is 0 Å². The summed E-state index contributed by atoms with van der Waals surface area (Å²) in [5.74, 6) is 0.449. The van der Waals surface area contributed by atoms with Crippen molar-refractivity contribution in [2.45, 2.75) is 91.8 Å². The lowest BCUT2D eigenvalue weighted by molar-refractivity contribution is -0.132. The topological polar surface area (TPSA) is 146 Å². The summed E-state index contributed by atoms with van der Waals surface area (Å²) in [5, 5.41) is 13.9. The van der Waals surface area contributed by atoms with Gasteiger partial charge in [0.1, 0.15) is 6.04 Å². The third kappa shape index (κ3) is 11.6. The number of nitrogens with two attached hydrogens (primary N) is 2. The number of aliphatic hydroxyl groups excluding tert-OH is 1. The minimum absolute atomic E-state index is 0.0465. The quantitative estimate of drug-likeness (QED) is 0.176. The van der Waals surface area contributed by atoms with Crippen LogP contribution in [-0.4, -0.2) is 62.5 Å². The van der Waals surface area contributed by atoms with Gasteiger partial charge in [-0.2, -0.15) is 0 Å². The molecule has 0 saturated carbocycles. The molecule has 9 nitrogen and oxygen atoms in total. The monoisotopic (exact) mass is 565 g/mol. The molecule has 0 saturated heterocycles. The van der Waals surface area contributed by atoms with E-state index in [-0.39, 0.29) is 30.1 Å². The lowest BCUT2D eigenvalue weighted by atomic mass is 9.80. The normalized spacial score (nSPS) is 16.2. The molecule has 40 heavy (non-hydrogen) atoms. The van der Waals surface area contributed by atoms with Crippen LogP contribution in [0, 0.1) is 29.6 Å². The summed E-state index contributed by atoms with van der Waals surface area (Å²) < 4.78 is 16.5. The molecule has 1 rings (SSSR count). The maximum Gasteiger partial charge on any atom is 0.240 e. The predicted molar refractivity (Wildman–Crippen MR) is 159 cm³/mol. The van der Waals surface area contributed by atoms with E-state index in [1.807, 2.05) is 45.9 Å². The van der Waals surface area contributed by atoms with E-state index in [9.17, 15) is 14.7 Å². The van der Waals surface area contributed by atoms with E-state index in [0.29, 0.717) is 43.5 Å². The van der Waals surface area contributed by atoms with Crippen LogP contribution in [0.4, 0.5) is 0 Å². The van der Waals surface area contributed by atoms with Gasteiger partial charge in [0, 0.05) is 32.1 Å². The first kappa shape index (κ1) is 35.7. The van der Waals surface area contributed by atoms with Crippen LogP contribution in [0.15, 0.2) is 18.2 Å². The number of nitrogens with one attached hydrogen (secondary N) is 1. The lowest BCUT2D eigenvalue weighted by Gasteiger charge is -2.31. The minimum atomic E-state index is -0.870. The molecule has 0 aliphatic rings. The van der Waals surface area contributed by atoms with Gasteiger partial charge in [-0.15, -0.1) is 0 Å². The van der Waals surface area contributed by atoms with E-state index in [1.54, 1.807) is 14.2 Å². The van der Waals surface area contributed by atoms with Crippen molar-refractivity contribution >= 4 is 11.8 Å². The minimum Gasteiger partial charge on any atom is -0.493 e. The van der Waals surface area contributed by atoms with Crippen molar-refractivity contribution in [1.82, 2.24) is 5.32 Å². The number of hydrogen-bond donors (Lipinski definition) is 4. The molecule has 0 unspecified atom stereocenters. The van der Waals surface area contributed by atoms with Crippen LogP contribution < -0.4 is 26.3 Å². The summed E-state index contributed by atoms with van der Waals surface area (Å²) in [5.41, 5.74) is 13.2. The van der Waals surface area contributed by atoms with Gasteiger partial charge in [0.05, 0.1) is 19.8 Å². The Morgan fingerprint density at radius 3 is 2.20 bits per heavy atom. The van der Waals surface area contributed by atoms with E-state index in [2.05, 4.69) is 19.2 Å². The molecule has 0 aliphatic carbocycles. The molecular formula is C31H55N3O6. The number of hydrogen-bond acceptors (Lipinski definition) is 7. The number of carbonyl (C=O) groups excluding carboxylic acids is 2. The number of benzene rings is 1. The Morgan fingerprint density at radius 2 is 1.68 bits per heavy atom. The van der Waals surface area contributed by atoms with Crippen molar-refractivity contribution in [1.29, 1.82) is 0 Å². The number of primary amides is 1. The number of rotatable bonds is 20. The average molecular weight is 566 g/mol. The van der Waals surface area contributed by atoms with Gasteiger partial charge in [-0.25, -0.2) is 0 Å². The fourth-order valence-corrected chi connectivity index (χ4v) is 4.85. The van der Waals surface area contributed by atoms with Gasteiger partial charge in [-0.1, -0.05) is 54.0 Å². The van der Waals surface area contributed by atoms with Crippen molar-refractivity contribution in [3.8, 4) is 11.5 Å². The molecule has 0 radical (unpaired) electrons. The molecule has 2 amide bonds. The first-order valence-corrected chi connectivity index (χ1v) is 14.7. The highest BCUT2D eigenvalue weighted by atomic mass is 16.5. The molecule has 0 fully saturated rings. The number of ether oxygens (including phenoxy) is 3. The first-order valence-electron chi connectivity index (χ1n) is 14.7. The molecule has 6 atom stereocenters. The first-order chi connectivity index (χ1) is 18.9. The summed E-state index contributed by atoms with van der Waals surface area (Å²) in [4.78, 5) is 25.1. The number of amides is 2. The van der Waals surface area contributed by atoms with Crippen molar-refractivity contribution in [3.05, 3.63) is 23.8 Å². The summed E-state index contributed by atoms with van der Waals surface area (Å²) in [6, 6.07) is 4.70. The summed E-state index contributed by atoms with van der Waals surface area (Å²) in [7, 11) is 3.29. The predicted octanol–water partition coefficient (Wildman–Crippen LogP) is 3.68. The Hall–Kier alpha value is -2.36. The molecular weight excluding hydrogens is 510 g/mol. The number of methoxy groups -OCH3 is 2. The van der Waals surface area contributed by atoms with Gasteiger partial charge in [-0.3, -0.25) is 9.59 Å². The summed E-state index contributed by atoms with van der Waals surface area (Å²) in [6.07, 6.45) is 2.19. The standard InChI is InChI=1S/C31H55N3O6/c1-9-21(6)29(30(33)36)34-31(37)24(20(4)5)18-26(35)25(32)17-23(19(2)3)15-22-11-12-27(39-8)28(16-22)40-14-10-13-38-7/h11-12,16,19-21,23-26,29,35H,9-10,13-15,17-18,32H2,1-8H3,(H2,33,36)(H,34,37)/t21-,23-,24-,25-,26-,29-/m0/s1. The zero-order valence-corrected chi connectivity index (χ0v) is 25.9. The molecule has 0 aromatic heterocycles. The second-order valence-corrected chi connectivity index (χ2v) is 11.7. The Labute approximate surface area is 241 Å². The maximum atomic E-state index is 13.1. The van der Waals surface area contributed by atoms with Crippen LogP contribution in [0.2, 0.25) is 0 Å². The van der Waals surface area contributed by atoms with E-state index in [0.717, 1.165) is 18.4 Å². The third-order valence-corrected chi connectivity index (χ3v) is 7.94. The zero-order valence-electron chi connectivity index (χ0n) is 25.9. The number of carbonyl (C=O) groups is 2. The molecule has 0 spiro atoms. The molecule has 9 heteroatoms. The highest BCUT2D eigenvalue weighted by molar-refractivity contribution is 5.87. The fraction of sp³-hybridized carbons (Fsp3) is 0.742. The van der Waals surface area contributed by atoms with Gasteiger partial charge >= 0.3 is 0 Å². The van der Waals surface area contributed by atoms with Crippen molar-refractivity contribution in [2.75, 3.05) is 27.4 Å². The molecule has 1 aromatic carbocycles. The van der Waals surface area contributed by atoms with Gasteiger partial charge in [0.25, 0.3) is 0 Å². The molecule has 0 heterocycles. The second kappa shape index (κ2) is 18.1. The van der Waals surface area contributed by atoms with Crippen molar-refractivity contribution < 1.29 is 28.9 Å².